The lowest BCUT2D eigenvalue weighted by atomic mass is 9.86. The molecular weight excluding hydrogens is 440 g/mol. The molecule has 216 valence electrons. The van der Waals surface area contributed by atoms with Crippen LogP contribution in [-0.2, 0) is 0 Å². The van der Waals surface area contributed by atoms with E-state index in [1.165, 1.54) is 37.7 Å². The van der Waals surface area contributed by atoms with E-state index >= 15 is 0 Å². The molecule has 1 rings (SSSR count). The van der Waals surface area contributed by atoms with Crippen LogP contribution in [-0.4, -0.2) is 4.75 Å². The SMILES string of the molecule is C=C(/C=C\C=C/C)CC.CC.CC.CC.CCC.CCC.CCCC(C)C(C)C1CC1C(C)(C)S. The van der Waals surface area contributed by atoms with E-state index in [9.17, 15) is 0 Å². The van der Waals surface area contributed by atoms with Gasteiger partial charge in [0, 0.05) is 4.75 Å². The largest absolute Gasteiger partial charge is 0.173 e. The molecule has 4 atom stereocenters. The maximum atomic E-state index is 4.69. The fraction of sp³-hybridized carbons (Fsp3) is 0.824. The van der Waals surface area contributed by atoms with Crippen molar-refractivity contribution in [1.29, 1.82) is 0 Å². The molecule has 0 amide bonds. The maximum absolute atomic E-state index is 4.69. The summed E-state index contributed by atoms with van der Waals surface area (Å²) in [4.78, 5) is 0. The summed E-state index contributed by atoms with van der Waals surface area (Å²) in [6.07, 6.45) is 15.7. The molecule has 4 unspecified atom stereocenters. The summed E-state index contributed by atoms with van der Waals surface area (Å²) in [5, 5.41) is 0. The standard InChI is InChI=1S/C13H26S.C9H14.2C3H8.3C2H6/c1-6-7-9(2)10(3)11-8-12(11)13(4,5)14;1-4-6-7-8-9(3)5-2;2*1-3-2;3*1-2/h9-12,14H,6-8H2,1-5H3;4,6-8H,3,5H2,1-2H3;2*3H2,1-2H3;3*1-2H3/b;6-4-,8-7-;;;;;. The molecule has 35 heavy (non-hydrogen) atoms. The first kappa shape index (κ1) is 47.7. The van der Waals surface area contributed by atoms with Crippen molar-refractivity contribution < 1.29 is 0 Å². The lowest BCUT2D eigenvalue weighted by Crippen LogP contribution is -2.19. The number of hydrogen-bond donors (Lipinski definition) is 1. The molecule has 0 spiro atoms. The quantitative estimate of drug-likeness (QED) is 0.241. The van der Waals surface area contributed by atoms with Crippen LogP contribution in [0, 0.1) is 23.7 Å². The number of rotatable bonds is 8. The molecule has 0 aromatic carbocycles. The monoisotopic (exact) mass is 515 g/mol. The van der Waals surface area contributed by atoms with Gasteiger partial charge < -0.3 is 0 Å². The zero-order chi connectivity index (χ0) is 29.5. The number of hydrogen-bond acceptors (Lipinski definition) is 1. The first-order valence-corrected chi connectivity index (χ1v) is 15.7. The van der Waals surface area contributed by atoms with Gasteiger partial charge in [-0.15, -0.1) is 0 Å². The Balaban J connectivity index is -0.0000000863. The van der Waals surface area contributed by atoms with Crippen LogP contribution < -0.4 is 0 Å². The summed E-state index contributed by atoms with van der Waals surface area (Å²) >= 11 is 4.69. The third kappa shape index (κ3) is 38.3. The minimum absolute atomic E-state index is 0.241. The van der Waals surface area contributed by atoms with E-state index in [1.54, 1.807) is 0 Å². The Hall–Kier alpha value is -0.430. The van der Waals surface area contributed by atoms with Gasteiger partial charge in [-0.05, 0) is 43.4 Å². The molecule has 1 fully saturated rings. The van der Waals surface area contributed by atoms with Crippen LogP contribution in [0.3, 0.4) is 0 Å². The molecule has 1 aliphatic carbocycles. The van der Waals surface area contributed by atoms with Gasteiger partial charge in [0.2, 0.25) is 0 Å². The highest BCUT2D eigenvalue weighted by Gasteiger charge is 2.48. The van der Waals surface area contributed by atoms with Crippen LogP contribution in [0.25, 0.3) is 0 Å². The van der Waals surface area contributed by atoms with Gasteiger partial charge in [0.1, 0.15) is 0 Å². The molecular formula is C34H74S. The number of allylic oxidation sites excluding steroid dienone is 5. The molecule has 0 radical (unpaired) electrons. The fourth-order valence-electron chi connectivity index (χ4n) is 3.17. The molecule has 0 aromatic rings. The summed E-state index contributed by atoms with van der Waals surface area (Å²) in [5.41, 5.74) is 1.17. The van der Waals surface area contributed by atoms with Crippen molar-refractivity contribution in [2.45, 2.75) is 161 Å². The lowest BCUT2D eigenvalue weighted by molar-refractivity contribution is 0.304. The van der Waals surface area contributed by atoms with E-state index in [0.717, 1.165) is 30.1 Å². The second-order valence-corrected chi connectivity index (χ2v) is 10.2. The van der Waals surface area contributed by atoms with Crippen molar-refractivity contribution in [3.05, 3.63) is 36.5 Å². The van der Waals surface area contributed by atoms with Crippen molar-refractivity contribution in [2.24, 2.45) is 23.7 Å². The summed E-state index contributed by atoms with van der Waals surface area (Å²) in [7, 11) is 0. The Bertz CT molecular complexity index is 409. The first-order valence-electron chi connectivity index (χ1n) is 15.2. The van der Waals surface area contributed by atoms with Gasteiger partial charge in [-0.1, -0.05) is 173 Å². The van der Waals surface area contributed by atoms with E-state index in [0.29, 0.717) is 0 Å². The van der Waals surface area contributed by atoms with Gasteiger partial charge in [0.05, 0.1) is 0 Å². The molecule has 0 saturated heterocycles. The van der Waals surface area contributed by atoms with Crippen molar-refractivity contribution in [3.8, 4) is 0 Å². The molecule has 0 N–H and O–H groups in total. The van der Waals surface area contributed by atoms with E-state index < -0.39 is 0 Å². The Morgan fingerprint density at radius 2 is 1.29 bits per heavy atom. The van der Waals surface area contributed by atoms with Crippen LogP contribution in [0.15, 0.2) is 36.5 Å². The average Bonchev–Trinajstić information content (AvgIpc) is 3.66. The van der Waals surface area contributed by atoms with Crippen molar-refractivity contribution >= 4 is 12.6 Å². The highest BCUT2D eigenvalue weighted by atomic mass is 32.1. The van der Waals surface area contributed by atoms with Crippen molar-refractivity contribution in [3.63, 3.8) is 0 Å². The third-order valence-electron chi connectivity index (χ3n) is 5.15. The third-order valence-corrected chi connectivity index (χ3v) is 5.49. The molecule has 1 heteroatoms. The Morgan fingerprint density at radius 1 is 0.886 bits per heavy atom. The predicted molar refractivity (Wildman–Crippen MR) is 177 cm³/mol. The Morgan fingerprint density at radius 3 is 1.54 bits per heavy atom. The lowest BCUT2D eigenvalue weighted by Gasteiger charge is -2.23. The van der Waals surface area contributed by atoms with E-state index in [4.69, 9.17) is 0 Å². The van der Waals surface area contributed by atoms with Gasteiger partial charge >= 0.3 is 0 Å². The van der Waals surface area contributed by atoms with Crippen LogP contribution in [0.4, 0.5) is 0 Å². The van der Waals surface area contributed by atoms with Crippen LogP contribution in [0.1, 0.15) is 156 Å². The van der Waals surface area contributed by atoms with Crippen molar-refractivity contribution in [1.82, 2.24) is 0 Å². The zero-order valence-electron chi connectivity index (χ0n) is 28.0. The first-order chi connectivity index (χ1) is 16.5. The van der Waals surface area contributed by atoms with Gasteiger partial charge in [0.25, 0.3) is 0 Å². The fourth-order valence-corrected chi connectivity index (χ4v) is 3.47. The topological polar surface area (TPSA) is 0 Å². The van der Waals surface area contributed by atoms with Crippen LogP contribution >= 0.6 is 12.6 Å². The van der Waals surface area contributed by atoms with Crippen LogP contribution in [0.5, 0.6) is 0 Å². The minimum atomic E-state index is 0.241. The van der Waals surface area contributed by atoms with Gasteiger partial charge in [-0.2, -0.15) is 12.6 Å². The smallest absolute Gasteiger partial charge is 0.0104 e. The minimum Gasteiger partial charge on any atom is -0.173 e. The van der Waals surface area contributed by atoms with E-state index in [2.05, 4.69) is 88.4 Å². The Labute approximate surface area is 233 Å². The molecule has 0 aliphatic heterocycles. The highest BCUT2D eigenvalue weighted by molar-refractivity contribution is 7.81. The molecule has 0 heterocycles. The predicted octanol–water partition coefficient (Wildman–Crippen LogP) is 13.4. The summed E-state index contributed by atoms with van der Waals surface area (Å²) in [5.74, 6) is 3.60. The normalized spacial score (nSPS) is 17.0. The molecule has 0 bridgehead atoms. The summed E-state index contributed by atoms with van der Waals surface area (Å²) in [6, 6.07) is 0. The molecule has 0 nitrogen and oxygen atoms in total. The highest BCUT2D eigenvalue weighted by Crippen LogP contribution is 2.54. The second kappa shape index (κ2) is 38.1. The maximum Gasteiger partial charge on any atom is 0.0104 e. The molecule has 1 saturated carbocycles. The van der Waals surface area contributed by atoms with Crippen molar-refractivity contribution in [2.75, 3.05) is 0 Å². The molecule has 1 aliphatic rings. The van der Waals surface area contributed by atoms with E-state index in [1.807, 2.05) is 72.8 Å². The van der Waals surface area contributed by atoms with Gasteiger partial charge in [-0.25, -0.2) is 0 Å². The van der Waals surface area contributed by atoms with Gasteiger partial charge in [0.15, 0.2) is 0 Å². The summed E-state index contributed by atoms with van der Waals surface area (Å²) < 4.78 is 0.241. The van der Waals surface area contributed by atoms with Gasteiger partial charge in [-0.3, -0.25) is 0 Å². The van der Waals surface area contributed by atoms with Crippen LogP contribution in [0.2, 0.25) is 0 Å². The average molecular weight is 515 g/mol. The zero-order valence-corrected chi connectivity index (χ0v) is 28.9. The number of thiol groups is 1. The van der Waals surface area contributed by atoms with E-state index in [-0.39, 0.29) is 4.75 Å². The Kier molecular flexibility index (Phi) is 52.0. The second-order valence-electron chi connectivity index (χ2n) is 9.10. The molecule has 0 aromatic heterocycles. The summed E-state index contributed by atoms with van der Waals surface area (Å²) in [6.45, 7) is 40.1.